The molecule has 0 saturated heterocycles. The molecular formula is C25H29N5O4. The van der Waals surface area contributed by atoms with E-state index in [2.05, 4.69) is 35.9 Å². The number of carbonyl (C=O) groups is 1. The van der Waals surface area contributed by atoms with Crippen LogP contribution in [0.4, 0.5) is 22.7 Å². The molecule has 178 valence electrons. The predicted octanol–water partition coefficient (Wildman–Crippen LogP) is 6.35. The Balaban J connectivity index is 2.01. The van der Waals surface area contributed by atoms with Gasteiger partial charge in [-0.15, -0.1) is 10.2 Å². The average molecular weight is 464 g/mol. The van der Waals surface area contributed by atoms with Crippen LogP contribution in [0.5, 0.6) is 5.75 Å². The van der Waals surface area contributed by atoms with Gasteiger partial charge in [-0.05, 0) is 57.2 Å². The number of ketones is 1. The lowest BCUT2D eigenvalue weighted by Crippen LogP contribution is -2.48. The number of nitro groups is 1. The molecule has 0 N–H and O–H groups in total. The highest BCUT2D eigenvalue weighted by atomic mass is 16.6. The summed E-state index contributed by atoms with van der Waals surface area (Å²) in [5.41, 5.74) is 2.73. The molecule has 0 spiro atoms. The van der Waals surface area contributed by atoms with E-state index in [4.69, 9.17) is 4.74 Å². The molecule has 0 radical (unpaired) electrons. The topological polar surface area (TPSA) is 121 Å². The summed E-state index contributed by atoms with van der Waals surface area (Å²) in [5, 5.41) is 28.9. The van der Waals surface area contributed by atoms with Gasteiger partial charge in [0.05, 0.1) is 17.6 Å². The number of nitro benzene ring substituents is 1. The Bertz CT molecular complexity index is 1180. The van der Waals surface area contributed by atoms with E-state index in [1.54, 1.807) is 14.0 Å². The van der Waals surface area contributed by atoms with E-state index < -0.39 is 4.92 Å². The zero-order chi connectivity index (χ0) is 25.0. The van der Waals surface area contributed by atoms with Crippen LogP contribution in [0.1, 0.15) is 64.0 Å². The maximum atomic E-state index is 11.5. The van der Waals surface area contributed by atoms with Crippen molar-refractivity contribution < 1.29 is 14.5 Å². The lowest BCUT2D eigenvalue weighted by Gasteiger charge is -2.48. The third-order valence-corrected chi connectivity index (χ3v) is 6.17. The largest absolute Gasteiger partial charge is 0.494 e. The fourth-order valence-electron chi connectivity index (χ4n) is 4.57. The average Bonchev–Trinajstić information content (AvgIpc) is 2.78. The van der Waals surface area contributed by atoms with Gasteiger partial charge in [0.2, 0.25) is 0 Å². The number of non-ortho nitro benzene ring substituents is 1. The van der Waals surface area contributed by atoms with E-state index in [0.717, 1.165) is 30.6 Å². The van der Waals surface area contributed by atoms with Gasteiger partial charge in [-0.1, -0.05) is 6.92 Å². The van der Waals surface area contributed by atoms with Crippen molar-refractivity contribution in [3.63, 3.8) is 0 Å². The number of nitrogens with zero attached hydrogens (tertiary/aromatic N) is 5. The zero-order valence-corrected chi connectivity index (χ0v) is 20.2. The molecule has 0 aromatic heterocycles. The van der Waals surface area contributed by atoms with Gasteiger partial charge in [0.15, 0.2) is 0 Å². The number of fused-ring (bicyclic) bond motifs is 1. The Morgan fingerprint density at radius 1 is 1.29 bits per heavy atom. The minimum Gasteiger partial charge on any atom is -0.494 e. The molecule has 1 atom stereocenters. The second-order valence-corrected chi connectivity index (χ2v) is 9.23. The lowest BCUT2D eigenvalue weighted by atomic mass is 9.79. The molecule has 34 heavy (non-hydrogen) atoms. The Hall–Kier alpha value is -3.80. The molecule has 1 unspecified atom stereocenters. The van der Waals surface area contributed by atoms with Gasteiger partial charge in [-0.2, -0.15) is 5.26 Å². The number of rotatable bonds is 8. The van der Waals surface area contributed by atoms with E-state index in [1.807, 2.05) is 18.2 Å². The maximum Gasteiger partial charge on any atom is 0.270 e. The van der Waals surface area contributed by atoms with Crippen LogP contribution in [0.25, 0.3) is 0 Å². The van der Waals surface area contributed by atoms with Crippen molar-refractivity contribution in [2.75, 3.05) is 18.6 Å². The fourth-order valence-corrected chi connectivity index (χ4v) is 4.57. The van der Waals surface area contributed by atoms with Gasteiger partial charge in [0, 0.05) is 42.4 Å². The van der Waals surface area contributed by atoms with Crippen LogP contribution in [0.3, 0.4) is 0 Å². The molecule has 9 nitrogen and oxygen atoms in total. The molecule has 1 heterocycles. The number of hydrogen-bond donors (Lipinski definition) is 0. The minimum absolute atomic E-state index is 0.0710. The van der Waals surface area contributed by atoms with E-state index in [1.165, 1.54) is 18.2 Å². The number of nitriles is 1. The van der Waals surface area contributed by atoms with Crippen LogP contribution in [-0.4, -0.2) is 29.9 Å². The zero-order valence-electron chi connectivity index (χ0n) is 20.2. The highest BCUT2D eigenvalue weighted by molar-refractivity contribution is 5.75. The molecule has 0 saturated carbocycles. The Morgan fingerprint density at radius 3 is 2.62 bits per heavy atom. The molecule has 1 aliphatic rings. The fraction of sp³-hybridized carbons (Fsp3) is 0.440. The number of methoxy groups -OCH3 is 1. The van der Waals surface area contributed by atoms with Crippen LogP contribution in [0.2, 0.25) is 0 Å². The maximum absolute atomic E-state index is 11.5. The van der Waals surface area contributed by atoms with Crippen molar-refractivity contribution in [2.24, 2.45) is 10.2 Å². The predicted molar refractivity (Wildman–Crippen MR) is 129 cm³/mol. The summed E-state index contributed by atoms with van der Waals surface area (Å²) in [5.74, 6) is 0.979. The monoisotopic (exact) mass is 463 g/mol. The van der Waals surface area contributed by atoms with E-state index >= 15 is 0 Å². The Morgan fingerprint density at radius 2 is 2.00 bits per heavy atom. The minimum atomic E-state index is -0.556. The summed E-state index contributed by atoms with van der Waals surface area (Å²) < 4.78 is 5.61. The van der Waals surface area contributed by atoms with Gasteiger partial charge in [0.1, 0.15) is 29.0 Å². The van der Waals surface area contributed by atoms with Crippen LogP contribution < -0.4 is 9.64 Å². The van der Waals surface area contributed by atoms with Crippen LogP contribution in [-0.2, 0) is 4.79 Å². The number of carbonyl (C=O) groups excluding carboxylic acids is 1. The molecule has 3 rings (SSSR count). The summed E-state index contributed by atoms with van der Waals surface area (Å²) in [4.78, 5) is 24.2. The van der Waals surface area contributed by atoms with Crippen molar-refractivity contribution >= 4 is 28.5 Å². The quantitative estimate of drug-likeness (QED) is 0.255. The van der Waals surface area contributed by atoms with Crippen LogP contribution in [0, 0.1) is 21.4 Å². The van der Waals surface area contributed by atoms with Crippen molar-refractivity contribution in [1.82, 2.24) is 0 Å². The highest BCUT2D eigenvalue weighted by Gasteiger charge is 2.37. The second-order valence-electron chi connectivity index (χ2n) is 9.23. The lowest BCUT2D eigenvalue weighted by molar-refractivity contribution is -0.384. The summed E-state index contributed by atoms with van der Waals surface area (Å²) in [7, 11) is 1.56. The molecule has 1 aliphatic heterocycles. The van der Waals surface area contributed by atoms with Gasteiger partial charge < -0.3 is 14.4 Å². The molecule has 0 amide bonds. The third kappa shape index (κ3) is 5.22. The Labute approximate surface area is 199 Å². The van der Waals surface area contributed by atoms with Crippen molar-refractivity contribution in [2.45, 2.75) is 58.4 Å². The van der Waals surface area contributed by atoms with E-state index in [9.17, 15) is 20.2 Å². The van der Waals surface area contributed by atoms with Crippen LogP contribution >= 0.6 is 0 Å². The third-order valence-electron chi connectivity index (χ3n) is 6.17. The molecule has 9 heteroatoms. The number of ether oxygens (including phenoxy) is 1. The van der Waals surface area contributed by atoms with Gasteiger partial charge >= 0.3 is 0 Å². The van der Waals surface area contributed by atoms with E-state index in [0.29, 0.717) is 17.9 Å². The molecule has 0 bridgehead atoms. The summed E-state index contributed by atoms with van der Waals surface area (Å²) in [6.45, 7) is 8.95. The van der Waals surface area contributed by atoms with Crippen molar-refractivity contribution in [3.05, 3.63) is 51.6 Å². The first-order valence-electron chi connectivity index (χ1n) is 11.2. The molecule has 2 aromatic rings. The molecule has 0 aliphatic carbocycles. The number of benzene rings is 2. The first-order chi connectivity index (χ1) is 16.1. The molecule has 0 fully saturated rings. The first-order valence-corrected chi connectivity index (χ1v) is 11.2. The van der Waals surface area contributed by atoms with Gasteiger partial charge in [0.25, 0.3) is 5.69 Å². The number of azo groups is 1. The number of anilines is 1. The normalized spacial score (nSPS) is 16.7. The summed E-state index contributed by atoms with van der Waals surface area (Å²) in [6.07, 6.45) is 2.24. The number of Topliss-reactive ketones (excluding diaryl/α,β-unsaturated/α-hetero) is 1. The SMILES string of the molecule is COc1cc2c(cc1/N=N/c1ccc([N+](=O)[O-])cc1C#N)C(C)CC(C)(C)N2CCCC(C)=O. The smallest absolute Gasteiger partial charge is 0.270 e. The number of hydrogen-bond acceptors (Lipinski definition) is 8. The van der Waals surface area contributed by atoms with E-state index in [-0.39, 0.29) is 34.2 Å². The van der Waals surface area contributed by atoms with Gasteiger partial charge in [-0.3, -0.25) is 10.1 Å². The highest BCUT2D eigenvalue weighted by Crippen LogP contribution is 2.48. The second kappa shape index (κ2) is 10.00. The van der Waals surface area contributed by atoms with Crippen molar-refractivity contribution in [3.8, 4) is 11.8 Å². The summed E-state index contributed by atoms with van der Waals surface area (Å²) >= 11 is 0. The van der Waals surface area contributed by atoms with Crippen molar-refractivity contribution in [1.29, 1.82) is 5.26 Å². The molecular weight excluding hydrogens is 434 g/mol. The standard InChI is InChI=1S/C25H29N5O4/c1-16-14-25(3,4)29(10-6-7-17(2)31)23-13-24(34-5)22(12-20(16)23)28-27-21-9-8-19(30(32)33)11-18(21)15-26/h8-9,11-13,16H,6-7,10,14H2,1-5H3/b28-27+. The molecule has 2 aromatic carbocycles. The summed E-state index contributed by atoms with van der Waals surface area (Å²) in [6, 6.07) is 9.73. The first kappa shape index (κ1) is 24.8. The van der Waals surface area contributed by atoms with Crippen LogP contribution in [0.15, 0.2) is 40.6 Å². The van der Waals surface area contributed by atoms with Gasteiger partial charge in [-0.25, -0.2) is 0 Å². The Kier molecular flexibility index (Phi) is 7.30.